The molecule has 114 valence electrons. The number of rotatable bonds is 5. The SMILES string of the molecule is COc1ccc(NCc2c(Cl)nc3ccccn23)cc1CO. The molecule has 0 fully saturated rings. The van der Waals surface area contributed by atoms with Gasteiger partial charge in [0.1, 0.15) is 11.4 Å². The molecule has 0 aliphatic rings. The van der Waals surface area contributed by atoms with Crippen LogP contribution in [-0.2, 0) is 13.2 Å². The molecule has 0 spiro atoms. The summed E-state index contributed by atoms with van der Waals surface area (Å²) in [6.45, 7) is 0.455. The van der Waals surface area contributed by atoms with Crippen LogP contribution in [0.5, 0.6) is 5.75 Å². The maximum absolute atomic E-state index is 9.37. The van der Waals surface area contributed by atoms with E-state index in [1.165, 1.54) is 0 Å². The summed E-state index contributed by atoms with van der Waals surface area (Å²) in [5.74, 6) is 0.667. The van der Waals surface area contributed by atoms with Gasteiger partial charge in [-0.05, 0) is 30.3 Å². The van der Waals surface area contributed by atoms with Gasteiger partial charge >= 0.3 is 0 Å². The number of aliphatic hydroxyl groups is 1. The van der Waals surface area contributed by atoms with Crippen LogP contribution in [0.25, 0.3) is 5.65 Å². The number of halogens is 1. The minimum Gasteiger partial charge on any atom is -0.496 e. The maximum atomic E-state index is 9.37. The molecule has 22 heavy (non-hydrogen) atoms. The van der Waals surface area contributed by atoms with Crippen LogP contribution in [0, 0.1) is 0 Å². The van der Waals surface area contributed by atoms with Crippen molar-refractivity contribution in [2.24, 2.45) is 0 Å². The van der Waals surface area contributed by atoms with Gasteiger partial charge in [0.05, 0.1) is 26.0 Å². The molecule has 0 atom stereocenters. The van der Waals surface area contributed by atoms with Crippen LogP contribution >= 0.6 is 11.6 Å². The number of aliphatic hydroxyl groups excluding tert-OH is 1. The van der Waals surface area contributed by atoms with Gasteiger partial charge in [-0.15, -0.1) is 0 Å². The van der Waals surface area contributed by atoms with E-state index in [-0.39, 0.29) is 6.61 Å². The summed E-state index contributed by atoms with van der Waals surface area (Å²) >= 11 is 6.21. The third-order valence-corrected chi connectivity index (χ3v) is 3.79. The van der Waals surface area contributed by atoms with E-state index in [1.807, 2.05) is 47.0 Å². The molecule has 5 nitrogen and oxygen atoms in total. The van der Waals surface area contributed by atoms with Gasteiger partial charge < -0.3 is 19.6 Å². The summed E-state index contributed by atoms with van der Waals surface area (Å²) in [6, 6.07) is 11.3. The van der Waals surface area contributed by atoms with Crippen molar-refractivity contribution in [1.82, 2.24) is 9.38 Å². The topological polar surface area (TPSA) is 58.8 Å². The van der Waals surface area contributed by atoms with E-state index >= 15 is 0 Å². The van der Waals surface area contributed by atoms with Crippen LogP contribution in [0.3, 0.4) is 0 Å². The fourth-order valence-corrected chi connectivity index (χ4v) is 2.62. The van der Waals surface area contributed by atoms with Gasteiger partial charge in [-0.3, -0.25) is 0 Å². The number of hydrogen-bond donors (Lipinski definition) is 2. The number of methoxy groups -OCH3 is 1. The van der Waals surface area contributed by atoms with Crippen LogP contribution < -0.4 is 10.1 Å². The highest BCUT2D eigenvalue weighted by molar-refractivity contribution is 6.30. The minimum absolute atomic E-state index is 0.0743. The zero-order chi connectivity index (χ0) is 15.5. The Balaban J connectivity index is 1.83. The number of imidazole rings is 1. The van der Waals surface area contributed by atoms with Crippen molar-refractivity contribution in [2.75, 3.05) is 12.4 Å². The van der Waals surface area contributed by atoms with E-state index < -0.39 is 0 Å². The molecule has 0 saturated carbocycles. The van der Waals surface area contributed by atoms with Crippen molar-refractivity contribution in [1.29, 1.82) is 0 Å². The first-order valence-electron chi connectivity index (χ1n) is 6.86. The molecule has 3 rings (SSSR count). The predicted octanol–water partition coefficient (Wildman–Crippen LogP) is 3.10. The zero-order valence-corrected chi connectivity index (χ0v) is 12.8. The number of aromatic nitrogens is 2. The van der Waals surface area contributed by atoms with Gasteiger partial charge in [0.25, 0.3) is 0 Å². The number of anilines is 1. The van der Waals surface area contributed by atoms with Gasteiger partial charge in [0, 0.05) is 17.4 Å². The summed E-state index contributed by atoms with van der Waals surface area (Å²) in [5.41, 5.74) is 3.32. The van der Waals surface area contributed by atoms with Crippen LogP contribution in [0.1, 0.15) is 11.3 Å². The van der Waals surface area contributed by atoms with Gasteiger partial charge in [0.15, 0.2) is 5.15 Å². The second kappa shape index (κ2) is 6.25. The van der Waals surface area contributed by atoms with Crippen LogP contribution in [0.4, 0.5) is 5.69 Å². The lowest BCUT2D eigenvalue weighted by atomic mass is 10.2. The molecule has 0 bridgehead atoms. The summed E-state index contributed by atoms with van der Waals surface area (Å²) in [6.07, 6.45) is 1.93. The Hall–Kier alpha value is -2.24. The molecule has 2 heterocycles. The normalized spacial score (nSPS) is 10.9. The van der Waals surface area contributed by atoms with Crippen molar-refractivity contribution in [3.8, 4) is 5.75 Å². The second-order valence-corrected chi connectivity index (χ2v) is 5.17. The van der Waals surface area contributed by atoms with Gasteiger partial charge in [-0.1, -0.05) is 17.7 Å². The smallest absolute Gasteiger partial charge is 0.153 e. The quantitative estimate of drug-likeness (QED) is 0.759. The van der Waals surface area contributed by atoms with E-state index in [0.717, 1.165) is 22.6 Å². The molecule has 0 saturated heterocycles. The van der Waals surface area contributed by atoms with Crippen molar-refractivity contribution in [2.45, 2.75) is 13.2 Å². The van der Waals surface area contributed by atoms with Gasteiger partial charge in [-0.2, -0.15) is 0 Å². The number of nitrogens with one attached hydrogen (secondary N) is 1. The van der Waals surface area contributed by atoms with Crippen molar-refractivity contribution < 1.29 is 9.84 Å². The number of nitrogens with zero attached hydrogens (tertiary/aromatic N) is 2. The van der Waals surface area contributed by atoms with Gasteiger partial charge in [0.2, 0.25) is 0 Å². The molecule has 6 heteroatoms. The fourth-order valence-electron chi connectivity index (χ4n) is 2.37. The number of fused-ring (bicyclic) bond motifs is 1. The molecule has 1 aromatic carbocycles. The Bertz CT molecular complexity index is 801. The monoisotopic (exact) mass is 317 g/mol. The van der Waals surface area contributed by atoms with Crippen molar-refractivity contribution >= 4 is 22.9 Å². The highest BCUT2D eigenvalue weighted by Crippen LogP contribution is 2.24. The first-order chi connectivity index (χ1) is 10.7. The number of pyridine rings is 1. The molecule has 2 N–H and O–H groups in total. The van der Waals surface area contributed by atoms with Crippen molar-refractivity contribution in [3.05, 3.63) is 59.0 Å². The maximum Gasteiger partial charge on any atom is 0.153 e. The summed E-state index contributed by atoms with van der Waals surface area (Å²) in [5, 5.41) is 13.1. The van der Waals surface area contributed by atoms with Crippen LogP contribution in [0.2, 0.25) is 5.15 Å². The Kier molecular flexibility index (Phi) is 4.18. The zero-order valence-electron chi connectivity index (χ0n) is 12.1. The van der Waals surface area contributed by atoms with E-state index in [1.54, 1.807) is 7.11 Å². The lowest BCUT2D eigenvalue weighted by Crippen LogP contribution is -2.04. The molecule has 3 aromatic rings. The summed E-state index contributed by atoms with van der Waals surface area (Å²) in [4.78, 5) is 4.31. The Morgan fingerprint density at radius 1 is 1.32 bits per heavy atom. The molecule has 0 unspecified atom stereocenters. The fraction of sp³-hybridized carbons (Fsp3) is 0.188. The summed E-state index contributed by atoms with van der Waals surface area (Å²) < 4.78 is 7.15. The van der Waals surface area contributed by atoms with E-state index in [4.69, 9.17) is 16.3 Å². The molecule has 2 aromatic heterocycles. The third kappa shape index (κ3) is 2.73. The Labute approximate surface area is 133 Å². The highest BCUT2D eigenvalue weighted by Gasteiger charge is 2.10. The number of benzene rings is 1. The molecule has 0 amide bonds. The molecule has 0 radical (unpaired) electrons. The second-order valence-electron chi connectivity index (χ2n) is 4.82. The number of ether oxygens (including phenoxy) is 1. The molecular weight excluding hydrogens is 302 g/mol. The van der Waals surface area contributed by atoms with E-state index in [2.05, 4.69) is 10.3 Å². The lowest BCUT2D eigenvalue weighted by molar-refractivity contribution is 0.274. The average Bonchev–Trinajstić information content (AvgIpc) is 2.87. The minimum atomic E-state index is -0.0743. The molecular formula is C16H16ClN3O2. The average molecular weight is 318 g/mol. The predicted molar refractivity (Wildman–Crippen MR) is 86.4 cm³/mol. The molecule has 0 aliphatic carbocycles. The van der Waals surface area contributed by atoms with E-state index in [0.29, 0.717) is 17.4 Å². The van der Waals surface area contributed by atoms with E-state index in [9.17, 15) is 5.11 Å². The Morgan fingerprint density at radius 3 is 2.95 bits per heavy atom. The third-order valence-electron chi connectivity index (χ3n) is 3.49. The first-order valence-corrected chi connectivity index (χ1v) is 7.24. The first kappa shape index (κ1) is 14.7. The van der Waals surface area contributed by atoms with Crippen molar-refractivity contribution in [3.63, 3.8) is 0 Å². The van der Waals surface area contributed by atoms with Gasteiger partial charge in [-0.25, -0.2) is 4.98 Å². The summed E-state index contributed by atoms with van der Waals surface area (Å²) in [7, 11) is 1.58. The number of hydrogen-bond acceptors (Lipinski definition) is 4. The van der Waals surface area contributed by atoms with Crippen LogP contribution in [0.15, 0.2) is 42.6 Å². The molecule has 0 aliphatic heterocycles. The standard InChI is InChI=1S/C16H16ClN3O2/c1-22-14-6-5-12(8-11(14)10-21)18-9-13-16(17)19-15-4-2-3-7-20(13)15/h2-8,18,21H,9-10H2,1H3. The Morgan fingerprint density at radius 2 is 2.18 bits per heavy atom. The lowest BCUT2D eigenvalue weighted by Gasteiger charge is -2.11. The highest BCUT2D eigenvalue weighted by atomic mass is 35.5. The van der Waals surface area contributed by atoms with Crippen LogP contribution in [-0.4, -0.2) is 21.6 Å². The largest absolute Gasteiger partial charge is 0.496 e.